The third-order valence-corrected chi connectivity index (χ3v) is 5.66. The predicted octanol–water partition coefficient (Wildman–Crippen LogP) is 5.13. The molecular formula is C26H22F4N10O2. The molecule has 12 nitrogen and oxygen atoms in total. The Labute approximate surface area is 234 Å². The maximum atomic E-state index is 12.4. The average Bonchev–Trinajstić information content (AvgIpc) is 3.66. The Morgan fingerprint density at radius 1 is 0.667 bits per heavy atom. The van der Waals surface area contributed by atoms with Crippen molar-refractivity contribution in [2.75, 3.05) is 10.6 Å². The number of aromatic nitrogens is 8. The Hall–Kier alpha value is -5.54. The number of fused-ring (bicyclic) bond motifs is 2. The zero-order chi connectivity index (χ0) is 29.3. The van der Waals surface area contributed by atoms with Crippen LogP contribution in [0.2, 0.25) is 0 Å². The standard InChI is InChI=1S/2C13H11F2N5O/c14-13(15)21-9-3-1-2-8(4-9)5-16-11-10-12(18-6-17-10)20-7-19-11;14-13(15)21-9-4-2-1-3-8(9)5-16-11-10-12(18-6-17-10)20-7-19-11/h2*1-4,6-7,13H,5H2,(H2,16,17,18,19,20). The number of H-pyrrole nitrogens is 2. The molecule has 0 amide bonds. The van der Waals surface area contributed by atoms with Crippen LogP contribution in [0.1, 0.15) is 11.1 Å². The van der Waals surface area contributed by atoms with Crippen molar-refractivity contribution in [2.24, 2.45) is 0 Å². The summed E-state index contributed by atoms with van der Waals surface area (Å²) in [5, 5.41) is 6.16. The first-order chi connectivity index (χ1) is 20.5. The van der Waals surface area contributed by atoms with Gasteiger partial charge in [-0.15, -0.1) is 0 Å². The molecule has 2 aromatic carbocycles. The molecule has 0 aliphatic heterocycles. The number of anilines is 2. The van der Waals surface area contributed by atoms with Gasteiger partial charge in [0.15, 0.2) is 22.9 Å². The van der Waals surface area contributed by atoms with E-state index >= 15 is 0 Å². The quantitative estimate of drug-likeness (QED) is 0.160. The first-order valence-electron chi connectivity index (χ1n) is 12.3. The summed E-state index contributed by atoms with van der Waals surface area (Å²) in [7, 11) is 0. The van der Waals surface area contributed by atoms with Crippen molar-refractivity contribution in [3.8, 4) is 11.5 Å². The molecule has 4 N–H and O–H groups in total. The Bertz CT molecular complexity index is 1750. The lowest BCUT2D eigenvalue weighted by Crippen LogP contribution is -2.08. The zero-order valence-electron chi connectivity index (χ0n) is 21.5. The normalized spacial score (nSPS) is 11.0. The van der Waals surface area contributed by atoms with Gasteiger partial charge in [-0.3, -0.25) is 0 Å². The summed E-state index contributed by atoms with van der Waals surface area (Å²) in [5.74, 6) is 1.40. The van der Waals surface area contributed by atoms with Gasteiger partial charge < -0.3 is 30.1 Å². The summed E-state index contributed by atoms with van der Waals surface area (Å²) in [6.07, 6.45) is 5.83. The van der Waals surface area contributed by atoms with Gasteiger partial charge in [0.25, 0.3) is 0 Å². The number of ether oxygens (including phenoxy) is 2. The van der Waals surface area contributed by atoms with Crippen LogP contribution in [-0.4, -0.2) is 53.1 Å². The van der Waals surface area contributed by atoms with Gasteiger partial charge in [0.1, 0.15) is 35.2 Å². The molecule has 4 aromatic heterocycles. The number of nitrogens with zero attached hydrogens (tertiary/aromatic N) is 6. The van der Waals surface area contributed by atoms with E-state index in [0.717, 1.165) is 5.56 Å². The van der Waals surface area contributed by atoms with Gasteiger partial charge in [-0.2, -0.15) is 17.6 Å². The summed E-state index contributed by atoms with van der Waals surface area (Å²) in [5.41, 5.74) is 3.83. The smallest absolute Gasteiger partial charge is 0.387 e. The second-order valence-electron chi connectivity index (χ2n) is 8.37. The SMILES string of the molecule is FC(F)Oc1cccc(CNc2ncnc3nc[nH]c23)c1.FC(F)Oc1ccccc1CNc1ncnc2nc[nH]c12. The molecule has 216 valence electrons. The largest absolute Gasteiger partial charge is 0.435 e. The van der Waals surface area contributed by atoms with Gasteiger partial charge >= 0.3 is 13.2 Å². The molecule has 0 atom stereocenters. The molecule has 0 bridgehead atoms. The molecule has 0 unspecified atom stereocenters. The highest BCUT2D eigenvalue weighted by Crippen LogP contribution is 2.23. The Kier molecular flexibility index (Phi) is 8.81. The van der Waals surface area contributed by atoms with Crippen LogP contribution in [0.5, 0.6) is 11.5 Å². The number of alkyl halides is 4. The molecule has 0 fully saturated rings. The number of benzene rings is 2. The maximum absolute atomic E-state index is 12.4. The first kappa shape index (κ1) is 28.0. The van der Waals surface area contributed by atoms with E-state index in [1.165, 1.54) is 37.4 Å². The fourth-order valence-electron chi connectivity index (χ4n) is 3.86. The third-order valence-electron chi connectivity index (χ3n) is 5.66. The minimum atomic E-state index is -2.86. The van der Waals surface area contributed by atoms with Gasteiger partial charge in [0.05, 0.1) is 12.7 Å². The van der Waals surface area contributed by atoms with E-state index in [1.807, 2.05) is 0 Å². The lowest BCUT2D eigenvalue weighted by Gasteiger charge is -2.11. The number of hydrogen-bond donors (Lipinski definition) is 4. The molecule has 42 heavy (non-hydrogen) atoms. The van der Waals surface area contributed by atoms with Crippen LogP contribution < -0.4 is 20.1 Å². The summed E-state index contributed by atoms with van der Waals surface area (Å²) in [6, 6.07) is 13.1. The van der Waals surface area contributed by atoms with Crippen molar-refractivity contribution in [1.29, 1.82) is 0 Å². The summed E-state index contributed by atoms with van der Waals surface area (Å²) < 4.78 is 57.9. The van der Waals surface area contributed by atoms with E-state index in [9.17, 15) is 17.6 Å². The minimum Gasteiger partial charge on any atom is -0.435 e. The minimum absolute atomic E-state index is 0.124. The van der Waals surface area contributed by atoms with Gasteiger partial charge in [0.2, 0.25) is 0 Å². The number of aromatic amines is 2. The van der Waals surface area contributed by atoms with E-state index in [2.05, 4.69) is 60.0 Å². The Balaban J connectivity index is 0.000000168. The molecule has 0 spiro atoms. The summed E-state index contributed by atoms with van der Waals surface area (Å²) >= 11 is 0. The maximum Gasteiger partial charge on any atom is 0.387 e. The van der Waals surface area contributed by atoms with Gasteiger partial charge in [-0.25, -0.2) is 29.9 Å². The van der Waals surface area contributed by atoms with Crippen LogP contribution >= 0.6 is 0 Å². The zero-order valence-corrected chi connectivity index (χ0v) is 21.5. The average molecular weight is 583 g/mol. The van der Waals surface area contributed by atoms with Gasteiger partial charge in [0, 0.05) is 18.7 Å². The van der Waals surface area contributed by atoms with Gasteiger partial charge in [-0.05, 0) is 23.8 Å². The fraction of sp³-hybridized carbons (Fsp3) is 0.154. The van der Waals surface area contributed by atoms with E-state index in [4.69, 9.17) is 0 Å². The van der Waals surface area contributed by atoms with E-state index in [-0.39, 0.29) is 18.0 Å². The summed E-state index contributed by atoms with van der Waals surface area (Å²) in [6.45, 7) is -5.00. The van der Waals surface area contributed by atoms with E-state index in [1.54, 1.807) is 36.4 Å². The monoisotopic (exact) mass is 582 g/mol. The lowest BCUT2D eigenvalue weighted by molar-refractivity contribution is -0.0508. The van der Waals surface area contributed by atoms with Gasteiger partial charge in [-0.1, -0.05) is 30.3 Å². The highest BCUT2D eigenvalue weighted by Gasteiger charge is 2.11. The highest BCUT2D eigenvalue weighted by atomic mass is 19.3. The number of nitrogens with one attached hydrogen (secondary N) is 4. The molecule has 0 saturated heterocycles. The van der Waals surface area contributed by atoms with E-state index in [0.29, 0.717) is 46.1 Å². The van der Waals surface area contributed by atoms with Crippen molar-refractivity contribution in [3.63, 3.8) is 0 Å². The number of halogens is 4. The topological polar surface area (TPSA) is 151 Å². The molecule has 4 heterocycles. The number of imidazole rings is 2. The second kappa shape index (κ2) is 13.2. The highest BCUT2D eigenvalue weighted by molar-refractivity contribution is 5.82. The molecule has 6 rings (SSSR count). The second-order valence-corrected chi connectivity index (χ2v) is 8.37. The van der Waals surface area contributed by atoms with Crippen LogP contribution in [0.4, 0.5) is 29.2 Å². The van der Waals surface area contributed by atoms with Crippen molar-refractivity contribution in [3.05, 3.63) is 85.0 Å². The van der Waals surface area contributed by atoms with Crippen molar-refractivity contribution >= 4 is 34.0 Å². The number of hydrogen-bond acceptors (Lipinski definition) is 10. The molecule has 0 aliphatic carbocycles. The van der Waals surface area contributed by atoms with Crippen molar-refractivity contribution in [2.45, 2.75) is 26.3 Å². The molecule has 0 radical (unpaired) electrons. The lowest BCUT2D eigenvalue weighted by atomic mass is 10.2. The van der Waals surface area contributed by atoms with Crippen molar-refractivity contribution < 1.29 is 27.0 Å². The Morgan fingerprint density at radius 2 is 1.29 bits per heavy atom. The fourth-order valence-corrected chi connectivity index (χ4v) is 3.86. The third kappa shape index (κ3) is 7.15. The van der Waals surface area contributed by atoms with Crippen LogP contribution in [0.15, 0.2) is 73.8 Å². The van der Waals surface area contributed by atoms with Crippen LogP contribution in [-0.2, 0) is 13.1 Å². The molecular weight excluding hydrogens is 560 g/mol. The predicted molar refractivity (Wildman–Crippen MR) is 144 cm³/mol. The molecule has 0 saturated carbocycles. The Morgan fingerprint density at radius 3 is 1.93 bits per heavy atom. The summed E-state index contributed by atoms with van der Waals surface area (Å²) in [4.78, 5) is 30.1. The van der Waals surface area contributed by atoms with E-state index < -0.39 is 13.2 Å². The van der Waals surface area contributed by atoms with Crippen LogP contribution in [0.25, 0.3) is 22.3 Å². The van der Waals surface area contributed by atoms with Crippen LogP contribution in [0.3, 0.4) is 0 Å². The number of rotatable bonds is 10. The van der Waals surface area contributed by atoms with Crippen LogP contribution in [0, 0.1) is 0 Å². The molecule has 16 heteroatoms. The van der Waals surface area contributed by atoms with Crippen molar-refractivity contribution in [1.82, 2.24) is 39.9 Å². The molecule has 6 aromatic rings. The first-order valence-corrected chi connectivity index (χ1v) is 12.3. The molecule has 0 aliphatic rings. The number of para-hydroxylation sites is 1.